The molecule has 2 aromatic carbocycles. The summed E-state index contributed by atoms with van der Waals surface area (Å²) in [5, 5.41) is 11.2. The number of nitrogens with zero attached hydrogens (tertiary/aromatic N) is 3. The first-order chi connectivity index (χ1) is 20.3. The Morgan fingerprint density at radius 1 is 1.14 bits per heavy atom. The predicted octanol–water partition coefficient (Wildman–Crippen LogP) is 5.16. The highest BCUT2D eigenvalue weighted by Crippen LogP contribution is 2.41. The van der Waals surface area contributed by atoms with E-state index in [2.05, 4.69) is 9.88 Å². The maximum Gasteiger partial charge on any atom is 0.394 e. The normalized spacial score (nSPS) is 21.1. The fraction of sp³-hybridized carbons (Fsp3) is 0.448. The van der Waals surface area contributed by atoms with Crippen molar-refractivity contribution < 1.29 is 40.6 Å². The number of anilines is 1. The molecule has 2 fully saturated rings. The molecule has 3 heterocycles. The van der Waals surface area contributed by atoms with Crippen LogP contribution < -0.4 is 9.64 Å². The minimum atomic E-state index is -4.67. The number of benzene rings is 2. The van der Waals surface area contributed by atoms with Gasteiger partial charge >= 0.3 is 12.1 Å². The molecule has 2 saturated heterocycles. The van der Waals surface area contributed by atoms with E-state index in [1.807, 2.05) is 25.1 Å². The van der Waals surface area contributed by atoms with Gasteiger partial charge in [0.25, 0.3) is 0 Å². The number of hydrogen-bond acceptors (Lipinski definition) is 8. The third kappa shape index (κ3) is 7.47. The third-order valence-electron chi connectivity index (χ3n) is 7.96. The number of aryl methyl sites for hydroxylation is 1. The van der Waals surface area contributed by atoms with Crippen molar-refractivity contribution in [2.75, 3.05) is 42.6 Å². The minimum Gasteiger partial charge on any atom is -0.488 e. The molecule has 1 aromatic heterocycles. The van der Waals surface area contributed by atoms with Crippen molar-refractivity contribution >= 4 is 32.3 Å². The molecule has 43 heavy (non-hydrogen) atoms. The second-order valence-corrected chi connectivity index (χ2v) is 14.1. The molecule has 2 unspecified atom stereocenters. The van der Waals surface area contributed by atoms with Crippen LogP contribution in [0.3, 0.4) is 0 Å². The van der Waals surface area contributed by atoms with Crippen LogP contribution in [0.15, 0.2) is 41.8 Å². The Hall–Kier alpha value is -3.23. The quantitative estimate of drug-likeness (QED) is 0.337. The van der Waals surface area contributed by atoms with Crippen molar-refractivity contribution in [3.05, 3.63) is 64.3 Å². The Bertz CT molecular complexity index is 1580. The van der Waals surface area contributed by atoms with Gasteiger partial charge < -0.3 is 14.7 Å². The van der Waals surface area contributed by atoms with Gasteiger partial charge in [0, 0.05) is 43.7 Å². The Morgan fingerprint density at radius 2 is 1.88 bits per heavy atom. The van der Waals surface area contributed by atoms with Crippen LogP contribution in [0.25, 0.3) is 11.3 Å². The van der Waals surface area contributed by atoms with Crippen molar-refractivity contribution in [2.24, 2.45) is 11.8 Å². The molecule has 2 aliphatic rings. The van der Waals surface area contributed by atoms with Gasteiger partial charge in [0.2, 0.25) is 0 Å². The van der Waals surface area contributed by atoms with Crippen LogP contribution in [-0.4, -0.2) is 73.2 Å². The zero-order chi connectivity index (χ0) is 30.9. The van der Waals surface area contributed by atoms with Crippen molar-refractivity contribution in [1.29, 1.82) is 0 Å². The lowest BCUT2D eigenvalue weighted by Gasteiger charge is -2.37. The number of ether oxygens (including phenoxy) is 1. The number of carboxylic acids is 1. The molecule has 0 bridgehead atoms. The van der Waals surface area contributed by atoms with Crippen LogP contribution in [-0.2, 0) is 27.8 Å². The van der Waals surface area contributed by atoms with Crippen LogP contribution >= 0.6 is 11.3 Å². The molecule has 0 amide bonds. The molecule has 0 radical (unpaired) electrons. The van der Waals surface area contributed by atoms with Crippen LogP contribution in [0.2, 0.25) is 0 Å². The van der Waals surface area contributed by atoms with Gasteiger partial charge in [-0.05, 0) is 48.2 Å². The summed E-state index contributed by atoms with van der Waals surface area (Å²) in [6.45, 7) is 3.36. The molecule has 1 N–H and O–H groups in total. The summed E-state index contributed by atoms with van der Waals surface area (Å²) in [5.41, 5.74) is 3.63. The van der Waals surface area contributed by atoms with Gasteiger partial charge in [0.15, 0.2) is 15.0 Å². The highest BCUT2D eigenvalue weighted by Gasteiger charge is 2.50. The number of alkyl halides is 3. The predicted molar refractivity (Wildman–Crippen MR) is 154 cm³/mol. The Kier molecular flexibility index (Phi) is 9.00. The van der Waals surface area contributed by atoms with Crippen molar-refractivity contribution in [3.63, 3.8) is 0 Å². The van der Waals surface area contributed by atoms with E-state index in [1.165, 1.54) is 23.1 Å². The van der Waals surface area contributed by atoms with Gasteiger partial charge in [0.1, 0.15) is 18.2 Å². The molecule has 232 valence electrons. The van der Waals surface area contributed by atoms with Crippen LogP contribution in [0.4, 0.5) is 22.7 Å². The summed E-state index contributed by atoms with van der Waals surface area (Å²) in [7, 11) is -2.95. The fourth-order valence-electron chi connectivity index (χ4n) is 5.45. The highest BCUT2D eigenvalue weighted by atomic mass is 32.2. The first-order valence-electron chi connectivity index (χ1n) is 13.7. The van der Waals surface area contributed by atoms with E-state index >= 15 is 0 Å². The number of carbonyl (C=O) groups is 1. The molecule has 2 aliphatic heterocycles. The lowest BCUT2D eigenvalue weighted by Crippen LogP contribution is -2.49. The molecule has 8 nitrogen and oxygen atoms in total. The molecular formula is C29H31F4N3O5S2. The largest absolute Gasteiger partial charge is 0.488 e. The van der Waals surface area contributed by atoms with E-state index in [1.54, 1.807) is 5.38 Å². The number of hydrogen-bond donors (Lipinski definition) is 1. The number of aliphatic carboxylic acids is 1. The summed E-state index contributed by atoms with van der Waals surface area (Å²) in [6, 6.07) is 9.93. The van der Waals surface area contributed by atoms with Gasteiger partial charge in [0.05, 0.1) is 29.0 Å². The SMILES string of the molecule is Cc1cc(CN2CCS(=O)(=O)CC2)ccc1COc1ccc(F)cc1-c1csc(N2CCC(C(=O)O)C(C(F)(F)F)C2)n1. The Balaban J connectivity index is 1.28. The zero-order valence-corrected chi connectivity index (χ0v) is 24.9. The number of carboxylic acid groups (broad SMARTS) is 1. The number of aromatic nitrogens is 1. The van der Waals surface area contributed by atoms with E-state index < -0.39 is 46.2 Å². The average molecular weight is 642 g/mol. The van der Waals surface area contributed by atoms with Crippen LogP contribution in [0.1, 0.15) is 23.1 Å². The topological polar surface area (TPSA) is 100 Å². The molecule has 0 spiro atoms. The van der Waals surface area contributed by atoms with Gasteiger partial charge in [-0.2, -0.15) is 13.2 Å². The highest BCUT2D eigenvalue weighted by molar-refractivity contribution is 7.91. The van der Waals surface area contributed by atoms with E-state index in [4.69, 9.17) is 4.74 Å². The first kappa shape index (κ1) is 31.2. The number of piperidine rings is 1. The van der Waals surface area contributed by atoms with Crippen LogP contribution in [0.5, 0.6) is 5.75 Å². The van der Waals surface area contributed by atoms with E-state index in [-0.39, 0.29) is 31.1 Å². The number of halogens is 4. The van der Waals surface area contributed by atoms with Crippen molar-refractivity contribution in [1.82, 2.24) is 9.88 Å². The second kappa shape index (κ2) is 12.4. The summed E-state index contributed by atoms with van der Waals surface area (Å²) in [5.74, 6) is -4.85. The molecule has 0 aliphatic carbocycles. The molecule has 5 rings (SSSR count). The molecule has 3 aromatic rings. The summed E-state index contributed by atoms with van der Waals surface area (Å²) >= 11 is 1.10. The van der Waals surface area contributed by atoms with E-state index in [9.17, 15) is 35.9 Å². The Morgan fingerprint density at radius 3 is 2.56 bits per heavy atom. The molecular weight excluding hydrogens is 610 g/mol. The van der Waals surface area contributed by atoms with Gasteiger partial charge in [-0.25, -0.2) is 17.8 Å². The molecule has 2 atom stereocenters. The molecule has 14 heteroatoms. The van der Waals surface area contributed by atoms with Gasteiger partial charge in [-0.15, -0.1) is 11.3 Å². The van der Waals surface area contributed by atoms with E-state index in [0.29, 0.717) is 41.8 Å². The fourth-order valence-corrected chi connectivity index (χ4v) is 7.59. The summed E-state index contributed by atoms with van der Waals surface area (Å²) in [6.07, 6.45) is -4.83. The standard InChI is InChI=1S/C29H31F4N3O5S2/c1-18-12-19(14-35-8-10-43(39,40)11-9-35)2-3-20(18)16-41-26-5-4-21(30)13-23(26)25-17-42-28(34-25)36-7-6-22(27(37)38)24(15-36)29(31,32)33/h2-5,12-13,17,22,24H,6-11,14-16H2,1H3,(H,37,38). The smallest absolute Gasteiger partial charge is 0.394 e. The lowest BCUT2D eigenvalue weighted by molar-refractivity contribution is -0.197. The average Bonchev–Trinajstić information content (AvgIpc) is 3.44. The van der Waals surface area contributed by atoms with E-state index in [0.717, 1.165) is 28.0 Å². The van der Waals surface area contributed by atoms with Gasteiger partial charge in [-0.3, -0.25) is 9.69 Å². The first-order valence-corrected chi connectivity index (χ1v) is 16.4. The number of thiazole rings is 1. The summed E-state index contributed by atoms with van der Waals surface area (Å²) in [4.78, 5) is 19.4. The maximum absolute atomic E-state index is 14.3. The second-order valence-electron chi connectivity index (χ2n) is 11.0. The zero-order valence-electron chi connectivity index (χ0n) is 23.3. The summed E-state index contributed by atoms with van der Waals surface area (Å²) < 4.78 is 84.6. The number of sulfone groups is 1. The third-order valence-corrected chi connectivity index (χ3v) is 10.5. The van der Waals surface area contributed by atoms with Gasteiger partial charge in [-0.1, -0.05) is 18.2 Å². The number of rotatable bonds is 8. The molecule has 0 saturated carbocycles. The minimum absolute atomic E-state index is 0.106. The van der Waals surface area contributed by atoms with Crippen LogP contribution in [0, 0.1) is 24.6 Å². The monoisotopic (exact) mass is 641 g/mol. The van der Waals surface area contributed by atoms with Crippen molar-refractivity contribution in [3.8, 4) is 17.0 Å². The van der Waals surface area contributed by atoms with Crippen molar-refractivity contribution in [2.45, 2.75) is 32.7 Å². The lowest BCUT2D eigenvalue weighted by atomic mass is 9.85. The maximum atomic E-state index is 14.3. The Labute approximate surface area is 250 Å².